The molecule has 0 saturated heterocycles. The fourth-order valence-corrected chi connectivity index (χ4v) is 4.03. The van der Waals surface area contributed by atoms with Crippen LogP contribution in [0.1, 0.15) is 16.1 Å². The summed E-state index contributed by atoms with van der Waals surface area (Å²) in [6.07, 6.45) is 2.14. The van der Waals surface area contributed by atoms with Gasteiger partial charge in [-0.15, -0.1) is 11.3 Å². The zero-order valence-electron chi connectivity index (χ0n) is 12.1. The van der Waals surface area contributed by atoms with Crippen LogP contribution in [-0.2, 0) is 12.8 Å². The molecule has 21 heavy (non-hydrogen) atoms. The van der Waals surface area contributed by atoms with Gasteiger partial charge in [0.05, 0.1) is 15.2 Å². The molecule has 1 atom stereocenters. The molecule has 3 heteroatoms. The van der Waals surface area contributed by atoms with E-state index in [2.05, 4.69) is 71.4 Å². The summed E-state index contributed by atoms with van der Waals surface area (Å²) in [6.45, 7) is 2.13. The van der Waals surface area contributed by atoms with E-state index in [0.717, 1.165) is 23.7 Å². The standard InChI is InChI=1S/C18H18BrNS/c1-13-6-8-14(9-7-13)10-15(12-19)11-18-20-16-4-2-3-5-17(16)21-18/h2-9,15H,10-12H2,1H3. The van der Waals surface area contributed by atoms with E-state index in [4.69, 9.17) is 4.98 Å². The number of rotatable bonds is 5. The lowest BCUT2D eigenvalue weighted by atomic mass is 9.98. The van der Waals surface area contributed by atoms with Crippen molar-refractivity contribution in [1.29, 1.82) is 0 Å². The minimum atomic E-state index is 0.591. The van der Waals surface area contributed by atoms with Gasteiger partial charge < -0.3 is 0 Å². The first kappa shape index (κ1) is 14.7. The summed E-state index contributed by atoms with van der Waals surface area (Å²) >= 11 is 5.49. The van der Waals surface area contributed by atoms with Gasteiger partial charge in [-0.3, -0.25) is 0 Å². The number of hydrogen-bond acceptors (Lipinski definition) is 2. The number of benzene rings is 2. The lowest BCUT2D eigenvalue weighted by Gasteiger charge is -2.12. The molecule has 0 aliphatic carbocycles. The molecule has 108 valence electrons. The van der Waals surface area contributed by atoms with Crippen molar-refractivity contribution >= 4 is 37.5 Å². The van der Waals surface area contributed by atoms with Crippen LogP contribution in [0.2, 0.25) is 0 Å². The minimum absolute atomic E-state index is 0.591. The summed E-state index contributed by atoms with van der Waals surface area (Å²) in [7, 11) is 0. The molecular formula is C18H18BrNS. The van der Waals surface area contributed by atoms with Gasteiger partial charge in [-0.25, -0.2) is 4.98 Å². The largest absolute Gasteiger partial charge is 0.241 e. The number of nitrogens with zero attached hydrogens (tertiary/aromatic N) is 1. The first-order chi connectivity index (χ1) is 10.2. The maximum Gasteiger partial charge on any atom is 0.0941 e. The van der Waals surface area contributed by atoms with Crippen molar-refractivity contribution in [2.24, 2.45) is 5.92 Å². The normalized spacial score (nSPS) is 12.7. The van der Waals surface area contributed by atoms with Crippen molar-refractivity contribution in [2.45, 2.75) is 19.8 Å². The highest BCUT2D eigenvalue weighted by molar-refractivity contribution is 9.09. The van der Waals surface area contributed by atoms with Gasteiger partial charge in [0, 0.05) is 11.8 Å². The quantitative estimate of drug-likeness (QED) is 0.555. The highest BCUT2D eigenvalue weighted by Gasteiger charge is 2.12. The lowest BCUT2D eigenvalue weighted by molar-refractivity contribution is 0.590. The second kappa shape index (κ2) is 6.71. The third kappa shape index (κ3) is 3.72. The molecule has 1 heterocycles. The third-order valence-corrected chi connectivity index (χ3v) is 5.64. The van der Waals surface area contributed by atoms with Gasteiger partial charge in [0.25, 0.3) is 0 Å². The van der Waals surface area contributed by atoms with Crippen molar-refractivity contribution < 1.29 is 0 Å². The topological polar surface area (TPSA) is 12.9 Å². The van der Waals surface area contributed by atoms with Gasteiger partial charge in [0.15, 0.2) is 0 Å². The minimum Gasteiger partial charge on any atom is -0.241 e. The van der Waals surface area contributed by atoms with Crippen LogP contribution in [0.5, 0.6) is 0 Å². The highest BCUT2D eigenvalue weighted by Crippen LogP contribution is 2.25. The molecule has 2 aromatic carbocycles. The maximum absolute atomic E-state index is 4.75. The Balaban J connectivity index is 1.73. The number of halogens is 1. The average Bonchev–Trinajstić information content (AvgIpc) is 2.91. The Bertz CT molecular complexity index is 684. The highest BCUT2D eigenvalue weighted by atomic mass is 79.9. The molecule has 0 aliphatic rings. The summed E-state index contributed by atoms with van der Waals surface area (Å²) in [5.41, 5.74) is 3.85. The molecule has 1 nitrogen and oxygen atoms in total. The number of fused-ring (bicyclic) bond motifs is 1. The molecule has 0 spiro atoms. The summed E-state index contributed by atoms with van der Waals surface area (Å²) in [5, 5.41) is 2.25. The molecule has 3 aromatic rings. The monoisotopic (exact) mass is 359 g/mol. The van der Waals surface area contributed by atoms with E-state index in [1.54, 1.807) is 0 Å². The Morgan fingerprint density at radius 3 is 2.52 bits per heavy atom. The number of thiazole rings is 1. The third-order valence-electron chi connectivity index (χ3n) is 3.66. The van der Waals surface area contributed by atoms with Crippen molar-refractivity contribution in [2.75, 3.05) is 5.33 Å². The molecule has 0 radical (unpaired) electrons. The molecule has 0 bridgehead atoms. The molecule has 0 N–H and O–H groups in total. The van der Waals surface area contributed by atoms with E-state index in [1.807, 2.05) is 11.3 Å². The van der Waals surface area contributed by atoms with Crippen molar-refractivity contribution in [3.05, 3.63) is 64.7 Å². The van der Waals surface area contributed by atoms with Gasteiger partial charge in [-0.05, 0) is 37.0 Å². The fourth-order valence-electron chi connectivity index (χ4n) is 2.49. The lowest BCUT2D eigenvalue weighted by Crippen LogP contribution is -2.09. The number of para-hydroxylation sites is 1. The van der Waals surface area contributed by atoms with Gasteiger partial charge in [0.2, 0.25) is 0 Å². The Morgan fingerprint density at radius 2 is 1.81 bits per heavy atom. The van der Waals surface area contributed by atoms with Gasteiger partial charge in [-0.1, -0.05) is 57.9 Å². The van der Waals surface area contributed by atoms with Crippen LogP contribution in [0.25, 0.3) is 10.2 Å². The van der Waals surface area contributed by atoms with E-state index in [9.17, 15) is 0 Å². The Kier molecular flexibility index (Phi) is 4.71. The van der Waals surface area contributed by atoms with E-state index >= 15 is 0 Å². The smallest absolute Gasteiger partial charge is 0.0941 e. The molecule has 1 unspecified atom stereocenters. The summed E-state index contributed by atoms with van der Waals surface area (Å²) in [6, 6.07) is 17.3. The van der Waals surface area contributed by atoms with E-state index < -0.39 is 0 Å². The second-order valence-corrected chi connectivity index (χ2v) is 7.25. The van der Waals surface area contributed by atoms with Crippen molar-refractivity contribution in [1.82, 2.24) is 4.98 Å². The summed E-state index contributed by atoms with van der Waals surface area (Å²) < 4.78 is 1.29. The zero-order valence-corrected chi connectivity index (χ0v) is 14.5. The molecule has 0 amide bonds. The van der Waals surface area contributed by atoms with Crippen LogP contribution in [0.15, 0.2) is 48.5 Å². The van der Waals surface area contributed by atoms with Crippen LogP contribution in [-0.4, -0.2) is 10.3 Å². The number of aryl methyl sites for hydroxylation is 1. The van der Waals surface area contributed by atoms with Crippen molar-refractivity contribution in [3.8, 4) is 0 Å². The number of alkyl halides is 1. The van der Waals surface area contributed by atoms with E-state index in [1.165, 1.54) is 20.8 Å². The van der Waals surface area contributed by atoms with Crippen LogP contribution in [0.3, 0.4) is 0 Å². The summed E-state index contributed by atoms with van der Waals surface area (Å²) in [4.78, 5) is 4.75. The van der Waals surface area contributed by atoms with Gasteiger partial charge in [0.1, 0.15) is 0 Å². The maximum atomic E-state index is 4.75. The van der Waals surface area contributed by atoms with E-state index in [-0.39, 0.29) is 0 Å². The fraction of sp³-hybridized carbons (Fsp3) is 0.278. The predicted octanol–water partition coefficient (Wildman–Crippen LogP) is 5.40. The van der Waals surface area contributed by atoms with Crippen LogP contribution in [0, 0.1) is 12.8 Å². The summed E-state index contributed by atoms with van der Waals surface area (Å²) in [5.74, 6) is 0.591. The molecule has 0 aliphatic heterocycles. The number of hydrogen-bond donors (Lipinski definition) is 0. The molecular weight excluding hydrogens is 342 g/mol. The SMILES string of the molecule is Cc1ccc(CC(CBr)Cc2nc3ccccc3s2)cc1. The first-order valence-electron chi connectivity index (χ1n) is 7.20. The molecule has 0 fully saturated rings. The van der Waals surface area contributed by atoms with E-state index in [0.29, 0.717) is 5.92 Å². The van der Waals surface area contributed by atoms with Gasteiger partial charge >= 0.3 is 0 Å². The van der Waals surface area contributed by atoms with Crippen LogP contribution in [0.4, 0.5) is 0 Å². The first-order valence-corrected chi connectivity index (χ1v) is 9.14. The second-order valence-electron chi connectivity index (χ2n) is 5.49. The van der Waals surface area contributed by atoms with Crippen LogP contribution >= 0.6 is 27.3 Å². The Morgan fingerprint density at radius 1 is 1.05 bits per heavy atom. The van der Waals surface area contributed by atoms with Gasteiger partial charge in [-0.2, -0.15) is 0 Å². The molecule has 1 aromatic heterocycles. The average molecular weight is 360 g/mol. The predicted molar refractivity (Wildman–Crippen MR) is 95.5 cm³/mol. The van der Waals surface area contributed by atoms with Crippen LogP contribution < -0.4 is 0 Å². The Labute approximate surface area is 138 Å². The Hall–Kier alpha value is -1.19. The number of aromatic nitrogens is 1. The molecule has 0 saturated carbocycles. The van der Waals surface area contributed by atoms with Crippen molar-refractivity contribution in [3.63, 3.8) is 0 Å². The molecule has 3 rings (SSSR count). The zero-order chi connectivity index (χ0) is 14.7.